The minimum Gasteiger partial charge on any atom is -0.410 e. The Balaban J connectivity index is 1.45. The zero-order valence-corrected chi connectivity index (χ0v) is 17.3. The number of Topliss-reactive ketones (excluding diaryl/α,β-unsaturated/α-hetero) is 1. The van der Waals surface area contributed by atoms with Gasteiger partial charge in [0.15, 0.2) is 0 Å². The van der Waals surface area contributed by atoms with Crippen molar-refractivity contribution < 1.29 is 14.3 Å². The molecule has 0 radical (unpaired) electrons. The van der Waals surface area contributed by atoms with Crippen LogP contribution in [0, 0.1) is 17.3 Å². The number of hydrogen-bond donors (Lipinski definition) is 1. The number of amides is 1. The molecule has 1 aromatic rings. The Labute approximate surface area is 167 Å². The van der Waals surface area contributed by atoms with Crippen LogP contribution in [-0.4, -0.2) is 44.0 Å². The van der Waals surface area contributed by atoms with Crippen LogP contribution in [0.1, 0.15) is 56.1 Å². The number of ether oxygens (including phenoxy) is 1. The monoisotopic (exact) mass is 384 g/mol. The van der Waals surface area contributed by atoms with Crippen LogP contribution in [0.2, 0.25) is 0 Å². The summed E-state index contributed by atoms with van der Waals surface area (Å²) in [6.07, 6.45) is 5.71. The molecule has 0 heterocycles. The third kappa shape index (κ3) is 3.45. The van der Waals surface area contributed by atoms with Gasteiger partial charge in [0, 0.05) is 24.9 Å². The number of rotatable bonds is 4. The zero-order valence-electron chi connectivity index (χ0n) is 17.3. The number of carbonyl (C=O) groups excluding carboxylic acids is 2. The molecular weight excluding hydrogens is 352 g/mol. The molecule has 152 valence electrons. The van der Waals surface area contributed by atoms with E-state index in [1.807, 2.05) is 31.1 Å². The number of aryl methyl sites for hydroxylation is 1. The lowest BCUT2D eigenvalue weighted by Gasteiger charge is -2.48. The van der Waals surface area contributed by atoms with Crippen LogP contribution in [0.3, 0.4) is 0 Å². The summed E-state index contributed by atoms with van der Waals surface area (Å²) in [7, 11) is 3.94. The number of nitrogens with one attached hydrogen (secondary N) is 1. The molecule has 28 heavy (non-hydrogen) atoms. The van der Waals surface area contributed by atoms with Crippen LogP contribution in [-0.2, 0) is 11.2 Å². The maximum absolute atomic E-state index is 12.5. The molecule has 4 atom stereocenters. The predicted octanol–water partition coefficient (Wildman–Crippen LogP) is 3.76. The van der Waals surface area contributed by atoms with E-state index in [1.165, 1.54) is 11.1 Å². The molecule has 3 aliphatic carbocycles. The second kappa shape index (κ2) is 7.51. The van der Waals surface area contributed by atoms with Gasteiger partial charge in [-0.05, 0) is 87.2 Å². The highest BCUT2D eigenvalue weighted by Gasteiger charge is 2.54. The van der Waals surface area contributed by atoms with E-state index in [0.29, 0.717) is 35.8 Å². The fourth-order valence-corrected chi connectivity index (χ4v) is 5.92. The van der Waals surface area contributed by atoms with Gasteiger partial charge < -0.3 is 15.0 Å². The second-order valence-corrected chi connectivity index (χ2v) is 9.31. The van der Waals surface area contributed by atoms with Crippen molar-refractivity contribution in [1.82, 2.24) is 10.2 Å². The predicted molar refractivity (Wildman–Crippen MR) is 109 cm³/mol. The molecule has 0 spiro atoms. The zero-order chi connectivity index (χ0) is 19.9. The highest BCUT2D eigenvalue weighted by molar-refractivity contribution is 5.87. The van der Waals surface area contributed by atoms with Crippen LogP contribution >= 0.6 is 0 Å². The third-order valence-corrected chi connectivity index (χ3v) is 7.45. The highest BCUT2D eigenvalue weighted by atomic mass is 16.6. The molecule has 3 aliphatic rings. The van der Waals surface area contributed by atoms with Crippen LogP contribution in [0.25, 0.3) is 0 Å². The standard InChI is InChI=1S/C23H32N2O3/c1-23-11-10-18-17-7-5-16(28-22(27)24-12-13-25(2)3)14-15(17)4-6-19(18)20(23)8-9-21(23)26/h5,7,14,18-20H,4,6,8-13H2,1-3H3,(H,24,27). The SMILES string of the molecule is CN(C)CCNC(=O)Oc1ccc2c(c1)CCC1C2CCC2(C)C(=O)CCC12. The molecule has 5 nitrogen and oxygen atoms in total. The summed E-state index contributed by atoms with van der Waals surface area (Å²) >= 11 is 0. The Bertz CT molecular complexity index is 775. The quantitative estimate of drug-likeness (QED) is 0.859. The van der Waals surface area contributed by atoms with Crippen LogP contribution in [0.4, 0.5) is 4.79 Å². The molecule has 4 rings (SSSR count). The molecule has 2 fully saturated rings. The van der Waals surface area contributed by atoms with Crippen molar-refractivity contribution in [3.63, 3.8) is 0 Å². The number of likely N-dealkylation sites (N-methyl/N-ethyl adjacent to an activating group) is 1. The van der Waals surface area contributed by atoms with E-state index in [9.17, 15) is 9.59 Å². The maximum Gasteiger partial charge on any atom is 0.412 e. The summed E-state index contributed by atoms with van der Waals surface area (Å²) < 4.78 is 5.48. The summed E-state index contributed by atoms with van der Waals surface area (Å²) in [4.78, 5) is 26.5. The van der Waals surface area contributed by atoms with E-state index < -0.39 is 6.09 Å². The average Bonchev–Trinajstić information content (AvgIpc) is 2.96. The number of ketones is 1. The smallest absolute Gasteiger partial charge is 0.410 e. The number of carbonyl (C=O) groups is 2. The Hall–Kier alpha value is -1.88. The van der Waals surface area contributed by atoms with Gasteiger partial charge in [-0.3, -0.25) is 4.79 Å². The number of fused-ring (bicyclic) bond motifs is 5. The Kier molecular flexibility index (Phi) is 5.21. The average molecular weight is 385 g/mol. The minimum atomic E-state index is -0.395. The third-order valence-electron chi connectivity index (χ3n) is 7.45. The minimum absolute atomic E-state index is 0.0770. The first kappa shape index (κ1) is 19.4. The largest absolute Gasteiger partial charge is 0.412 e. The van der Waals surface area contributed by atoms with E-state index in [1.54, 1.807) is 0 Å². The lowest BCUT2D eigenvalue weighted by molar-refractivity contribution is -0.129. The van der Waals surface area contributed by atoms with Crippen molar-refractivity contribution in [3.05, 3.63) is 29.3 Å². The fourth-order valence-electron chi connectivity index (χ4n) is 5.92. The van der Waals surface area contributed by atoms with Gasteiger partial charge in [0.05, 0.1) is 0 Å². The number of benzene rings is 1. The summed E-state index contributed by atoms with van der Waals surface area (Å²) in [5, 5.41) is 2.79. The fraction of sp³-hybridized carbons (Fsp3) is 0.652. The lowest BCUT2D eigenvalue weighted by atomic mass is 9.55. The molecule has 1 amide bonds. The van der Waals surface area contributed by atoms with Crippen molar-refractivity contribution in [2.45, 2.75) is 51.4 Å². The van der Waals surface area contributed by atoms with Gasteiger partial charge in [-0.1, -0.05) is 13.0 Å². The number of hydrogen-bond acceptors (Lipinski definition) is 4. The van der Waals surface area contributed by atoms with E-state index in [2.05, 4.69) is 18.3 Å². The number of nitrogens with zero attached hydrogens (tertiary/aromatic N) is 1. The van der Waals surface area contributed by atoms with E-state index in [0.717, 1.165) is 45.1 Å². The van der Waals surface area contributed by atoms with Gasteiger partial charge in [0.2, 0.25) is 0 Å². The van der Waals surface area contributed by atoms with Crippen molar-refractivity contribution in [2.24, 2.45) is 17.3 Å². The van der Waals surface area contributed by atoms with Crippen molar-refractivity contribution in [1.29, 1.82) is 0 Å². The van der Waals surface area contributed by atoms with Crippen molar-refractivity contribution in [3.8, 4) is 5.75 Å². The molecule has 0 bridgehead atoms. The Morgan fingerprint density at radius 2 is 2.07 bits per heavy atom. The highest BCUT2D eigenvalue weighted by Crippen LogP contribution is 2.59. The van der Waals surface area contributed by atoms with Gasteiger partial charge in [0.25, 0.3) is 0 Å². The molecule has 5 heteroatoms. The normalized spacial score (nSPS) is 31.1. The van der Waals surface area contributed by atoms with Gasteiger partial charge in [-0.25, -0.2) is 4.79 Å². The van der Waals surface area contributed by atoms with Crippen molar-refractivity contribution in [2.75, 3.05) is 27.2 Å². The van der Waals surface area contributed by atoms with Gasteiger partial charge in [-0.15, -0.1) is 0 Å². The molecule has 1 aromatic carbocycles. The van der Waals surface area contributed by atoms with Crippen molar-refractivity contribution >= 4 is 11.9 Å². The molecule has 1 N–H and O–H groups in total. The van der Waals surface area contributed by atoms with Crippen LogP contribution in [0.5, 0.6) is 5.75 Å². The topological polar surface area (TPSA) is 58.6 Å². The molecule has 4 unspecified atom stereocenters. The van der Waals surface area contributed by atoms with E-state index >= 15 is 0 Å². The molecule has 2 saturated carbocycles. The van der Waals surface area contributed by atoms with Gasteiger partial charge >= 0.3 is 6.09 Å². The molecular formula is C23H32N2O3. The van der Waals surface area contributed by atoms with E-state index in [-0.39, 0.29) is 5.41 Å². The first-order valence-corrected chi connectivity index (χ1v) is 10.6. The second-order valence-electron chi connectivity index (χ2n) is 9.31. The lowest BCUT2D eigenvalue weighted by Crippen LogP contribution is -2.42. The molecule has 0 aromatic heterocycles. The van der Waals surface area contributed by atoms with E-state index in [4.69, 9.17) is 4.74 Å². The van der Waals surface area contributed by atoms with Crippen LogP contribution in [0.15, 0.2) is 18.2 Å². The Morgan fingerprint density at radius 3 is 2.86 bits per heavy atom. The van der Waals surface area contributed by atoms with Gasteiger partial charge in [-0.2, -0.15) is 0 Å². The Morgan fingerprint density at radius 1 is 1.25 bits per heavy atom. The summed E-state index contributed by atoms with van der Waals surface area (Å²) in [5.41, 5.74) is 2.65. The summed E-state index contributed by atoms with van der Waals surface area (Å²) in [6.45, 7) is 3.56. The van der Waals surface area contributed by atoms with Crippen LogP contribution < -0.4 is 10.1 Å². The van der Waals surface area contributed by atoms with Gasteiger partial charge in [0.1, 0.15) is 11.5 Å². The molecule has 0 saturated heterocycles. The maximum atomic E-state index is 12.5. The summed E-state index contributed by atoms with van der Waals surface area (Å²) in [6, 6.07) is 6.14. The first-order valence-electron chi connectivity index (χ1n) is 10.6. The summed E-state index contributed by atoms with van der Waals surface area (Å²) in [5.74, 6) is 2.84. The first-order chi connectivity index (χ1) is 13.4. The molecule has 0 aliphatic heterocycles.